The first-order valence-corrected chi connectivity index (χ1v) is 6.63. The standard InChI is InChI=1S/C14H22N2O2/c15-13-4-1-2-5-14(13)18-11-3-8-16-9-6-12(17)7-10-16/h1-2,4-5,12,17H,3,6-11,15H2. The van der Waals surface area contributed by atoms with Crippen LogP contribution in [0.2, 0.25) is 0 Å². The molecule has 1 aromatic rings. The summed E-state index contributed by atoms with van der Waals surface area (Å²) >= 11 is 0. The Balaban J connectivity index is 1.63. The minimum absolute atomic E-state index is 0.0957. The number of anilines is 1. The third kappa shape index (κ3) is 3.89. The van der Waals surface area contributed by atoms with Crippen LogP contribution in [0.25, 0.3) is 0 Å². The van der Waals surface area contributed by atoms with Crippen molar-refractivity contribution in [2.45, 2.75) is 25.4 Å². The van der Waals surface area contributed by atoms with Gasteiger partial charge in [0.1, 0.15) is 5.75 Å². The predicted molar refractivity (Wildman–Crippen MR) is 72.6 cm³/mol. The van der Waals surface area contributed by atoms with E-state index in [-0.39, 0.29) is 6.10 Å². The molecule has 4 heteroatoms. The lowest BCUT2D eigenvalue weighted by Crippen LogP contribution is -2.36. The number of nitrogen functional groups attached to an aromatic ring is 1. The molecule has 18 heavy (non-hydrogen) atoms. The van der Waals surface area contributed by atoms with Gasteiger partial charge in [-0.05, 0) is 31.4 Å². The number of rotatable bonds is 5. The van der Waals surface area contributed by atoms with Gasteiger partial charge in [0.25, 0.3) is 0 Å². The molecular weight excluding hydrogens is 228 g/mol. The average Bonchev–Trinajstić information content (AvgIpc) is 2.39. The number of nitrogens with two attached hydrogens (primary N) is 1. The molecule has 100 valence electrons. The van der Waals surface area contributed by atoms with Crippen LogP contribution in [0.15, 0.2) is 24.3 Å². The molecule has 1 aliphatic rings. The number of para-hydroxylation sites is 2. The van der Waals surface area contributed by atoms with Crippen molar-refractivity contribution in [2.24, 2.45) is 0 Å². The van der Waals surface area contributed by atoms with E-state index in [1.807, 2.05) is 24.3 Å². The SMILES string of the molecule is Nc1ccccc1OCCCN1CCC(O)CC1. The lowest BCUT2D eigenvalue weighted by Gasteiger charge is -2.29. The Morgan fingerprint density at radius 1 is 1.28 bits per heavy atom. The van der Waals surface area contributed by atoms with E-state index in [1.165, 1.54) is 0 Å². The molecule has 0 aliphatic carbocycles. The van der Waals surface area contributed by atoms with Crippen molar-refractivity contribution in [2.75, 3.05) is 32.0 Å². The first-order valence-electron chi connectivity index (χ1n) is 6.63. The molecule has 4 nitrogen and oxygen atoms in total. The van der Waals surface area contributed by atoms with Gasteiger partial charge in [-0.25, -0.2) is 0 Å². The van der Waals surface area contributed by atoms with Crippen LogP contribution in [0, 0.1) is 0 Å². The maximum Gasteiger partial charge on any atom is 0.142 e. The van der Waals surface area contributed by atoms with Crippen LogP contribution < -0.4 is 10.5 Å². The Labute approximate surface area is 108 Å². The van der Waals surface area contributed by atoms with Crippen molar-refractivity contribution in [3.05, 3.63) is 24.3 Å². The van der Waals surface area contributed by atoms with E-state index < -0.39 is 0 Å². The molecule has 2 rings (SSSR count). The van der Waals surface area contributed by atoms with Gasteiger partial charge in [-0.1, -0.05) is 12.1 Å². The monoisotopic (exact) mass is 250 g/mol. The molecule has 0 radical (unpaired) electrons. The molecule has 0 atom stereocenters. The Hall–Kier alpha value is -1.26. The largest absolute Gasteiger partial charge is 0.491 e. The highest BCUT2D eigenvalue weighted by Crippen LogP contribution is 2.19. The van der Waals surface area contributed by atoms with Gasteiger partial charge < -0.3 is 20.5 Å². The highest BCUT2D eigenvalue weighted by molar-refractivity contribution is 5.51. The summed E-state index contributed by atoms with van der Waals surface area (Å²) in [5.41, 5.74) is 6.49. The zero-order valence-electron chi connectivity index (χ0n) is 10.7. The van der Waals surface area contributed by atoms with Gasteiger partial charge in [-0.2, -0.15) is 0 Å². The van der Waals surface area contributed by atoms with E-state index in [0.29, 0.717) is 12.3 Å². The Morgan fingerprint density at radius 3 is 2.72 bits per heavy atom. The van der Waals surface area contributed by atoms with E-state index >= 15 is 0 Å². The fraction of sp³-hybridized carbons (Fsp3) is 0.571. The molecule has 0 spiro atoms. The second-order valence-electron chi connectivity index (χ2n) is 4.81. The number of nitrogens with zero attached hydrogens (tertiary/aromatic N) is 1. The highest BCUT2D eigenvalue weighted by atomic mass is 16.5. The van der Waals surface area contributed by atoms with Crippen LogP contribution in [0.3, 0.4) is 0 Å². The maximum absolute atomic E-state index is 9.41. The fourth-order valence-corrected chi connectivity index (χ4v) is 2.23. The van der Waals surface area contributed by atoms with Gasteiger partial charge in [0.05, 0.1) is 18.4 Å². The van der Waals surface area contributed by atoms with Crippen LogP contribution in [-0.4, -0.2) is 42.4 Å². The summed E-state index contributed by atoms with van der Waals surface area (Å²) in [6.07, 6.45) is 2.69. The molecule has 0 aromatic heterocycles. The number of piperidine rings is 1. The van der Waals surface area contributed by atoms with Crippen molar-refractivity contribution in [3.63, 3.8) is 0 Å². The van der Waals surface area contributed by atoms with E-state index in [0.717, 1.165) is 44.6 Å². The normalized spacial score (nSPS) is 17.8. The molecular formula is C14H22N2O2. The molecule has 1 aromatic carbocycles. The van der Waals surface area contributed by atoms with Gasteiger partial charge in [0.15, 0.2) is 0 Å². The zero-order chi connectivity index (χ0) is 12.8. The van der Waals surface area contributed by atoms with Crippen LogP contribution >= 0.6 is 0 Å². The van der Waals surface area contributed by atoms with Gasteiger partial charge in [0, 0.05) is 19.6 Å². The van der Waals surface area contributed by atoms with Gasteiger partial charge in [0.2, 0.25) is 0 Å². The second-order valence-corrected chi connectivity index (χ2v) is 4.81. The zero-order valence-corrected chi connectivity index (χ0v) is 10.7. The van der Waals surface area contributed by atoms with E-state index in [2.05, 4.69) is 4.90 Å². The summed E-state index contributed by atoms with van der Waals surface area (Å²) in [6, 6.07) is 7.58. The molecule has 1 aliphatic heterocycles. The molecule has 0 saturated carbocycles. The highest BCUT2D eigenvalue weighted by Gasteiger charge is 2.16. The van der Waals surface area contributed by atoms with Crippen LogP contribution in [0.5, 0.6) is 5.75 Å². The molecule has 0 bridgehead atoms. The number of aliphatic hydroxyl groups excluding tert-OH is 1. The first kappa shape index (κ1) is 13.2. The lowest BCUT2D eigenvalue weighted by atomic mass is 10.1. The number of hydrogen-bond acceptors (Lipinski definition) is 4. The number of ether oxygens (including phenoxy) is 1. The quantitative estimate of drug-likeness (QED) is 0.614. The predicted octanol–water partition coefficient (Wildman–Crippen LogP) is 1.49. The number of hydrogen-bond donors (Lipinski definition) is 2. The van der Waals surface area contributed by atoms with Crippen LogP contribution in [-0.2, 0) is 0 Å². The summed E-state index contributed by atoms with van der Waals surface area (Å²) in [4.78, 5) is 2.38. The molecule has 0 amide bonds. The lowest BCUT2D eigenvalue weighted by molar-refractivity contribution is 0.0800. The minimum Gasteiger partial charge on any atom is -0.491 e. The molecule has 1 saturated heterocycles. The third-order valence-electron chi connectivity index (χ3n) is 3.35. The smallest absolute Gasteiger partial charge is 0.142 e. The molecule has 1 fully saturated rings. The average molecular weight is 250 g/mol. The Morgan fingerprint density at radius 2 is 2.00 bits per heavy atom. The third-order valence-corrected chi connectivity index (χ3v) is 3.35. The summed E-state index contributed by atoms with van der Waals surface area (Å²) in [5.74, 6) is 0.770. The van der Waals surface area contributed by atoms with Crippen molar-refractivity contribution >= 4 is 5.69 Å². The van der Waals surface area contributed by atoms with Gasteiger partial charge in [-0.15, -0.1) is 0 Å². The first-order chi connectivity index (χ1) is 8.75. The van der Waals surface area contributed by atoms with Crippen molar-refractivity contribution in [1.29, 1.82) is 0 Å². The van der Waals surface area contributed by atoms with E-state index in [9.17, 15) is 5.11 Å². The minimum atomic E-state index is -0.0957. The van der Waals surface area contributed by atoms with Crippen LogP contribution in [0.1, 0.15) is 19.3 Å². The van der Waals surface area contributed by atoms with Crippen molar-refractivity contribution in [1.82, 2.24) is 4.90 Å². The van der Waals surface area contributed by atoms with Crippen molar-refractivity contribution in [3.8, 4) is 5.75 Å². The Bertz CT molecular complexity index is 363. The Kier molecular flexibility index (Phi) is 4.84. The number of likely N-dealkylation sites (tertiary alicyclic amines) is 1. The summed E-state index contributed by atoms with van der Waals surface area (Å²) < 4.78 is 5.65. The topological polar surface area (TPSA) is 58.7 Å². The van der Waals surface area contributed by atoms with Crippen molar-refractivity contribution < 1.29 is 9.84 Å². The van der Waals surface area contributed by atoms with E-state index in [4.69, 9.17) is 10.5 Å². The molecule has 0 unspecified atom stereocenters. The fourth-order valence-electron chi connectivity index (χ4n) is 2.23. The summed E-state index contributed by atoms with van der Waals surface area (Å²) in [6.45, 7) is 3.70. The molecule has 3 N–H and O–H groups in total. The van der Waals surface area contributed by atoms with Gasteiger partial charge >= 0.3 is 0 Å². The van der Waals surface area contributed by atoms with Crippen LogP contribution in [0.4, 0.5) is 5.69 Å². The number of benzene rings is 1. The summed E-state index contributed by atoms with van der Waals surface area (Å²) in [7, 11) is 0. The number of aliphatic hydroxyl groups is 1. The maximum atomic E-state index is 9.41. The molecule has 1 heterocycles. The summed E-state index contributed by atoms with van der Waals surface area (Å²) in [5, 5.41) is 9.41. The van der Waals surface area contributed by atoms with Gasteiger partial charge in [-0.3, -0.25) is 0 Å². The van der Waals surface area contributed by atoms with E-state index in [1.54, 1.807) is 0 Å². The second kappa shape index (κ2) is 6.61.